The minimum atomic E-state index is -0.0958. The average molecular weight is 338 g/mol. The van der Waals surface area contributed by atoms with Gasteiger partial charge in [0.2, 0.25) is 0 Å². The highest BCUT2D eigenvalue weighted by molar-refractivity contribution is 7.11. The van der Waals surface area contributed by atoms with Crippen molar-refractivity contribution >= 4 is 23.3 Å². The monoisotopic (exact) mass is 338 g/mol. The lowest BCUT2D eigenvalue weighted by molar-refractivity contribution is -0.149. The van der Waals surface area contributed by atoms with Crippen molar-refractivity contribution in [2.45, 2.75) is 40.2 Å². The lowest BCUT2D eigenvalue weighted by Gasteiger charge is -2.33. The molecule has 0 radical (unpaired) electrons. The van der Waals surface area contributed by atoms with E-state index in [1.54, 1.807) is 18.4 Å². The molecule has 1 saturated heterocycles. The van der Waals surface area contributed by atoms with Crippen LogP contribution in [0.1, 0.15) is 35.3 Å². The van der Waals surface area contributed by atoms with Gasteiger partial charge in [-0.05, 0) is 33.6 Å². The van der Waals surface area contributed by atoms with Gasteiger partial charge in [0.15, 0.2) is 5.96 Å². The van der Waals surface area contributed by atoms with E-state index in [1.807, 2.05) is 20.8 Å². The number of hydrogen-bond donors (Lipinski definition) is 1. The van der Waals surface area contributed by atoms with Gasteiger partial charge in [0.1, 0.15) is 0 Å². The summed E-state index contributed by atoms with van der Waals surface area (Å²) in [6.45, 7) is 8.62. The van der Waals surface area contributed by atoms with Crippen molar-refractivity contribution in [3.05, 3.63) is 15.6 Å². The Morgan fingerprint density at radius 1 is 1.52 bits per heavy atom. The van der Waals surface area contributed by atoms with Crippen LogP contribution in [0.15, 0.2) is 4.99 Å². The number of nitrogens with one attached hydrogen (secondary N) is 1. The summed E-state index contributed by atoms with van der Waals surface area (Å²) in [7, 11) is 1.78. The van der Waals surface area contributed by atoms with Crippen molar-refractivity contribution in [2.24, 2.45) is 10.9 Å². The van der Waals surface area contributed by atoms with Gasteiger partial charge in [-0.3, -0.25) is 9.79 Å². The van der Waals surface area contributed by atoms with Crippen LogP contribution in [0.3, 0.4) is 0 Å². The van der Waals surface area contributed by atoms with Gasteiger partial charge in [-0.2, -0.15) is 0 Å². The molecule has 2 heterocycles. The van der Waals surface area contributed by atoms with Crippen molar-refractivity contribution in [2.75, 3.05) is 26.7 Å². The standard InChI is InChI=1S/C16H26N4O2S/c1-5-22-15(21)13-7-6-8-20(10-13)16(17-4)18-9-14-11(2)19-12(3)23-14/h13H,5-10H2,1-4H3,(H,17,18). The Labute approximate surface area is 142 Å². The summed E-state index contributed by atoms with van der Waals surface area (Å²) in [5.41, 5.74) is 1.07. The molecular formula is C16H26N4O2S. The third kappa shape index (κ3) is 4.67. The molecule has 1 N–H and O–H groups in total. The summed E-state index contributed by atoms with van der Waals surface area (Å²) in [5.74, 6) is 0.681. The molecule has 1 aromatic heterocycles. The minimum Gasteiger partial charge on any atom is -0.466 e. The van der Waals surface area contributed by atoms with Gasteiger partial charge in [-0.1, -0.05) is 0 Å². The smallest absolute Gasteiger partial charge is 0.310 e. The van der Waals surface area contributed by atoms with Crippen LogP contribution in [0.5, 0.6) is 0 Å². The summed E-state index contributed by atoms with van der Waals surface area (Å²) in [6.07, 6.45) is 1.86. The molecule has 1 aliphatic rings. The van der Waals surface area contributed by atoms with Gasteiger partial charge in [-0.25, -0.2) is 4.98 Å². The van der Waals surface area contributed by atoms with E-state index in [1.165, 1.54) is 4.88 Å². The molecule has 1 unspecified atom stereocenters. The lowest BCUT2D eigenvalue weighted by Crippen LogP contribution is -2.48. The molecule has 1 fully saturated rings. The molecule has 2 rings (SSSR count). The van der Waals surface area contributed by atoms with Gasteiger partial charge in [-0.15, -0.1) is 11.3 Å². The van der Waals surface area contributed by atoms with E-state index in [0.717, 1.165) is 36.0 Å². The molecule has 0 amide bonds. The number of ether oxygens (including phenoxy) is 1. The number of rotatable bonds is 4. The molecular weight excluding hydrogens is 312 g/mol. The summed E-state index contributed by atoms with van der Waals surface area (Å²) >= 11 is 1.70. The summed E-state index contributed by atoms with van der Waals surface area (Å²) < 4.78 is 5.16. The number of likely N-dealkylation sites (tertiary alicyclic amines) is 1. The Morgan fingerprint density at radius 3 is 2.91 bits per heavy atom. The molecule has 0 saturated carbocycles. The number of carbonyl (C=O) groups excluding carboxylic acids is 1. The van der Waals surface area contributed by atoms with Crippen LogP contribution >= 0.6 is 11.3 Å². The molecule has 0 aromatic carbocycles. The SMILES string of the molecule is CCOC(=O)C1CCCN(C(=NC)NCc2sc(C)nc2C)C1. The van der Waals surface area contributed by atoms with Gasteiger partial charge in [0, 0.05) is 25.0 Å². The maximum Gasteiger partial charge on any atom is 0.310 e. The Balaban J connectivity index is 1.95. The minimum absolute atomic E-state index is 0.0605. The molecule has 23 heavy (non-hydrogen) atoms. The van der Waals surface area contributed by atoms with E-state index in [9.17, 15) is 4.79 Å². The van der Waals surface area contributed by atoms with Gasteiger partial charge >= 0.3 is 5.97 Å². The molecule has 0 bridgehead atoms. The Morgan fingerprint density at radius 2 is 2.30 bits per heavy atom. The van der Waals surface area contributed by atoms with Crippen molar-refractivity contribution in [1.82, 2.24) is 15.2 Å². The highest BCUT2D eigenvalue weighted by Crippen LogP contribution is 2.19. The third-order valence-electron chi connectivity index (χ3n) is 3.96. The fraction of sp³-hybridized carbons (Fsp3) is 0.688. The van der Waals surface area contributed by atoms with Crippen LogP contribution in [-0.2, 0) is 16.1 Å². The number of hydrogen-bond acceptors (Lipinski definition) is 5. The van der Waals surface area contributed by atoms with Crippen molar-refractivity contribution in [3.8, 4) is 0 Å². The predicted octanol–water partition coefficient (Wildman–Crippen LogP) is 2.11. The lowest BCUT2D eigenvalue weighted by atomic mass is 9.98. The van der Waals surface area contributed by atoms with E-state index >= 15 is 0 Å². The zero-order valence-corrected chi connectivity index (χ0v) is 15.2. The van der Waals surface area contributed by atoms with Crippen LogP contribution in [0.4, 0.5) is 0 Å². The second-order valence-corrected chi connectivity index (χ2v) is 6.97. The van der Waals surface area contributed by atoms with E-state index in [0.29, 0.717) is 19.7 Å². The van der Waals surface area contributed by atoms with Gasteiger partial charge in [0.25, 0.3) is 0 Å². The molecule has 1 atom stereocenters. The fourth-order valence-corrected chi connectivity index (χ4v) is 3.73. The van der Waals surface area contributed by atoms with Crippen LogP contribution in [0.2, 0.25) is 0 Å². The maximum absolute atomic E-state index is 12.0. The Hall–Kier alpha value is -1.63. The first kappa shape index (κ1) is 17.7. The fourth-order valence-electron chi connectivity index (χ4n) is 2.85. The summed E-state index contributed by atoms with van der Waals surface area (Å²) in [6, 6.07) is 0. The van der Waals surface area contributed by atoms with Crippen molar-refractivity contribution in [1.29, 1.82) is 0 Å². The maximum atomic E-state index is 12.0. The topological polar surface area (TPSA) is 66.8 Å². The quantitative estimate of drug-likeness (QED) is 0.517. The molecule has 128 valence electrons. The summed E-state index contributed by atoms with van der Waals surface area (Å²) in [4.78, 5) is 24.2. The predicted molar refractivity (Wildman–Crippen MR) is 92.7 cm³/mol. The van der Waals surface area contributed by atoms with Crippen LogP contribution in [-0.4, -0.2) is 48.6 Å². The molecule has 1 aromatic rings. The molecule has 0 aliphatic carbocycles. The van der Waals surface area contributed by atoms with E-state index in [2.05, 4.69) is 20.2 Å². The van der Waals surface area contributed by atoms with Crippen LogP contribution in [0, 0.1) is 19.8 Å². The number of aliphatic imine (C=N–C) groups is 1. The second kappa shape index (κ2) is 8.29. The normalized spacial score (nSPS) is 18.9. The molecule has 0 spiro atoms. The Bertz CT molecular complexity index is 570. The van der Waals surface area contributed by atoms with Gasteiger partial charge < -0.3 is 15.0 Å². The molecule has 7 heteroatoms. The number of thiazole rings is 1. The number of aromatic nitrogens is 1. The summed E-state index contributed by atoms with van der Waals surface area (Å²) in [5, 5.41) is 4.47. The van der Waals surface area contributed by atoms with Crippen LogP contribution < -0.4 is 5.32 Å². The van der Waals surface area contributed by atoms with E-state index < -0.39 is 0 Å². The number of nitrogens with zero attached hydrogens (tertiary/aromatic N) is 3. The number of piperidine rings is 1. The highest BCUT2D eigenvalue weighted by Gasteiger charge is 2.28. The Kier molecular flexibility index (Phi) is 6.38. The average Bonchev–Trinajstić information content (AvgIpc) is 2.86. The number of carbonyl (C=O) groups is 1. The highest BCUT2D eigenvalue weighted by atomic mass is 32.1. The van der Waals surface area contributed by atoms with E-state index in [-0.39, 0.29) is 11.9 Å². The van der Waals surface area contributed by atoms with Gasteiger partial charge in [0.05, 0.1) is 29.8 Å². The first-order valence-corrected chi connectivity index (χ1v) is 8.92. The molecule has 1 aliphatic heterocycles. The largest absolute Gasteiger partial charge is 0.466 e. The molecule has 6 nitrogen and oxygen atoms in total. The first-order chi connectivity index (χ1) is 11.0. The number of esters is 1. The zero-order valence-electron chi connectivity index (χ0n) is 14.4. The van der Waals surface area contributed by atoms with Crippen LogP contribution in [0.25, 0.3) is 0 Å². The first-order valence-electron chi connectivity index (χ1n) is 8.10. The number of aryl methyl sites for hydroxylation is 2. The zero-order chi connectivity index (χ0) is 16.8. The van der Waals surface area contributed by atoms with Crippen molar-refractivity contribution in [3.63, 3.8) is 0 Å². The number of guanidine groups is 1. The second-order valence-electron chi connectivity index (χ2n) is 5.68. The van der Waals surface area contributed by atoms with Crippen molar-refractivity contribution < 1.29 is 9.53 Å². The third-order valence-corrected chi connectivity index (χ3v) is 5.03. The van der Waals surface area contributed by atoms with E-state index in [4.69, 9.17) is 4.74 Å².